The predicted molar refractivity (Wildman–Crippen MR) is 142 cm³/mol. The van der Waals surface area contributed by atoms with Gasteiger partial charge >= 0.3 is 0 Å². The number of fused-ring (bicyclic) bond motifs is 1. The smallest absolute Gasteiger partial charge is 0.262 e. The van der Waals surface area contributed by atoms with Gasteiger partial charge in [0.2, 0.25) is 15.9 Å². The minimum atomic E-state index is -4.07. The molecule has 3 aromatic rings. The molecule has 2 N–H and O–H groups in total. The van der Waals surface area contributed by atoms with Crippen LogP contribution >= 0.6 is 22.7 Å². The van der Waals surface area contributed by atoms with Gasteiger partial charge in [-0.05, 0) is 60.9 Å². The molecule has 0 radical (unpaired) electrons. The molecule has 37 heavy (non-hydrogen) atoms. The van der Waals surface area contributed by atoms with Crippen LogP contribution in [0.5, 0.6) is 0 Å². The summed E-state index contributed by atoms with van der Waals surface area (Å²) in [4.78, 5) is 39.3. The summed E-state index contributed by atoms with van der Waals surface area (Å²) in [6, 6.07) is 6.64. The van der Waals surface area contributed by atoms with E-state index in [-0.39, 0.29) is 29.7 Å². The fourth-order valence-electron chi connectivity index (χ4n) is 4.21. The van der Waals surface area contributed by atoms with Crippen molar-refractivity contribution >= 4 is 59.7 Å². The number of ketones is 1. The number of amides is 2. The molecule has 1 unspecified atom stereocenters. The summed E-state index contributed by atoms with van der Waals surface area (Å²) in [5.41, 5.74) is 0. The van der Waals surface area contributed by atoms with Crippen molar-refractivity contribution in [2.75, 3.05) is 13.1 Å². The van der Waals surface area contributed by atoms with Gasteiger partial charge in [0.1, 0.15) is 11.9 Å². The Kier molecular flexibility index (Phi) is 8.42. The van der Waals surface area contributed by atoms with Crippen LogP contribution in [-0.4, -0.2) is 55.5 Å². The molecule has 1 aliphatic heterocycles. The summed E-state index contributed by atoms with van der Waals surface area (Å²) in [6.45, 7) is 3.49. The zero-order valence-electron chi connectivity index (χ0n) is 20.4. The Labute approximate surface area is 222 Å². The van der Waals surface area contributed by atoms with Crippen molar-refractivity contribution < 1.29 is 27.2 Å². The molecule has 2 atom stereocenters. The molecule has 0 saturated carbocycles. The maximum atomic E-state index is 13.6. The van der Waals surface area contributed by atoms with Gasteiger partial charge in [0.25, 0.3) is 5.91 Å². The highest BCUT2D eigenvalue weighted by Gasteiger charge is 2.34. The number of sulfonamides is 1. The maximum Gasteiger partial charge on any atom is 0.262 e. The summed E-state index contributed by atoms with van der Waals surface area (Å²) in [5, 5.41) is 7.49. The third-order valence-electron chi connectivity index (χ3n) is 6.06. The van der Waals surface area contributed by atoms with E-state index in [0.29, 0.717) is 17.7 Å². The molecule has 1 fully saturated rings. The summed E-state index contributed by atoms with van der Waals surface area (Å²) in [6.07, 6.45) is 0.958. The molecule has 0 aliphatic carbocycles. The molecular weight excluding hydrogens is 537 g/mol. The van der Waals surface area contributed by atoms with Gasteiger partial charge in [-0.3, -0.25) is 14.4 Å². The molecule has 4 rings (SSSR count). The standard InChI is InChI=1S/C25H28FN3O5S3/c1-15(2)11-19(28-25(32)23-13-22-21(36-23)8-10-35-22)24(31)27-18-7-4-9-29(14-20(18)30)37(33,34)17-6-3-5-16(26)12-17/h3,5-6,8,10,12-13,15,18-19H,4,7,9,11,14H2,1-2H3,(H,27,31)(H,28,32)/t18-,19?/m0/s1. The fraction of sp³-hybridized carbons (Fsp3) is 0.400. The van der Waals surface area contributed by atoms with Crippen molar-refractivity contribution in [1.82, 2.24) is 14.9 Å². The summed E-state index contributed by atoms with van der Waals surface area (Å²) >= 11 is 2.89. The Morgan fingerprint density at radius 3 is 2.68 bits per heavy atom. The van der Waals surface area contributed by atoms with E-state index >= 15 is 0 Å². The normalized spacial score (nSPS) is 18.1. The molecule has 1 saturated heterocycles. The SMILES string of the molecule is CC(C)CC(NC(=O)c1cc2sccc2s1)C(=O)N[C@H]1CCCN(S(=O)(=O)c2cccc(F)c2)CC1=O. The maximum absolute atomic E-state index is 13.6. The minimum Gasteiger partial charge on any atom is -0.344 e. The molecule has 1 aromatic carbocycles. The van der Waals surface area contributed by atoms with Crippen LogP contribution in [0.3, 0.4) is 0 Å². The van der Waals surface area contributed by atoms with E-state index in [9.17, 15) is 27.2 Å². The van der Waals surface area contributed by atoms with E-state index in [1.165, 1.54) is 34.8 Å². The number of carbonyl (C=O) groups is 3. The molecule has 12 heteroatoms. The molecule has 2 amide bonds. The first-order valence-corrected chi connectivity index (χ1v) is 15.0. The van der Waals surface area contributed by atoms with Gasteiger partial charge < -0.3 is 10.6 Å². The number of carbonyl (C=O) groups excluding carboxylic acids is 3. The highest BCUT2D eigenvalue weighted by atomic mass is 32.2. The third-order valence-corrected chi connectivity index (χ3v) is 10.00. The lowest BCUT2D eigenvalue weighted by molar-refractivity contribution is -0.129. The number of nitrogens with zero attached hydrogens (tertiary/aromatic N) is 1. The van der Waals surface area contributed by atoms with Crippen LogP contribution in [-0.2, 0) is 19.6 Å². The van der Waals surface area contributed by atoms with Crippen LogP contribution in [0.15, 0.2) is 46.7 Å². The van der Waals surface area contributed by atoms with Gasteiger partial charge in [0.15, 0.2) is 5.78 Å². The van der Waals surface area contributed by atoms with Gasteiger partial charge in [-0.2, -0.15) is 4.31 Å². The fourth-order valence-corrected chi connectivity index (χ4v) is 7.70. The van der Waals surface area contributed by atoms with Crippen molar-refractivity contribution in [3.05, 3.63) is 52.5 Å². The van der Waals surface area contributed by atoms with Gasteiger partial charge in [-0.1, -0.05) is 19.9 Å². The van der Waals surface area contributed by atoms with Crippen LogP contribution in [0.2, 0.25) is 0 Å². The number of benzene rings is 1. The molecule has 3 heterocycles. The van der Waals surface area contributed by atoms with E-state index in [0.717, 1.165) is 25.8 Å². The first-order valence-electron chi connectivity index (χ1n) is 11.9. The first-order chi connectivity index (χ1) is 17.5. The summed E-state index contributed by atoms with van der Waals surface area (Å²) < 4.78 is 42.6. The Hall–Kier alpha value is -2.67. The number of halogens is 1. The molecule has 8 nitrogen and oxygen atoms in total. The zero-order chi connectivity index (χ0) is 26.7. The van der Waals surface area contributed by atoms with Gasteiger partial charge in [0.05, 0.1) is 22.4 Å². The van der Waals surface area contributed by atoms with Gasteiger partial charge in [-0.25, -0.2) is 12.8 Å². The van der Waals surface area contributed by atoms with Crippen molar-refractivity contribution in [3.63, 3.8) is 0 Å². The van der Waals surface area contributed by atoms with E-state index in [1.807, 2.05) is 25.3 Å². The number of rotatable bonds is 8. The first kappa shape index (κ1) is 27.4. The molecule has 1 aliphatic rings. The molecule has 2 aromatic heterocycles. The summed E-state index contributed by atoms with van der Waals surface area (Å²) in [7, 11) is -4.07. The Morgan fingerprint density at radius 1 is 1.19 bits per heavy atom. The second kappa shape index (κ2) is 11.4. The zero-order valence-corrected chi connectivity index (χ0v) is 22.8. The second-order valence-corrected chi connectivity index (χ2v) is 13.4. The monoisotopic (exact) mass is 565 g/mol. The largest absolute Gasteiger partial charge is 0.344 e. The van der Waals surface area contributed by atoms with Crippen LogP contribution in [0.25, 0.3) is 9.40 Å². The lowest BCUT2D eigenvalue weighted by atomic mass is 10.0. The van der Waals surface area contributed by atoms with Gasteiger partial charge in [0, 0.05) is 15.9 Å². The van der Waals surface area contributed by atoms with E-state index in [1.54, 1.807) is 6.07 Å². The van der Waals surface area contributed by atoms with Gasteiger partial charge in [-0.15, -0.1) is 22.7 Å². The van der Waals surface area contributed by atoms with E-state index in [4.69, 9.17) is 0 Å². The lowest BCUT2D eigenvalue weighted by Gasteiger charge is -2.23. The molecule has 198 valence electrons. The van der Waals surface area contributed by atoms with Crippen molar-refractivity contribution in [1.29, 1.82) is 0 Å². The predicted octanol–water partition coefficient (Wildman–Crippen LogP) is 3.79. The Balaban J connectivity index is 1.43. The number of nitrogens with one attached hydrogen (secondary N) is 2. The average molecular weight is 566 g/mol. The molecular formula is C25H28FN3O5S3. The number of hydrogen-bond acceptors (Lipinski definition) is 7. The number of hydrogen-bond donors (Lipinski definition) is 2. The number of Topliss-reactive ketones (excluding diaryl/α,β-unsaturated/α-hetero) is 1. The van der Waals surface area contributed by atoms with E-state index < -0.39 is 46.2 Å². The lowest BCUT2D eigenvalue weighted by Crippen LogP contribution is -2.52. The summed E-state index contributed by atoms with van der Waals surface area (Å²) in [5.74, 6) is -1.89. The number of thiophene rings is 2. The average Bonchev–Trinajstić information content (AvgIpc) is 3.39. The molecule has 0 spiro atoms. The van der Waals surface area contributed by atoms with E-state index in [2.05, 4.69) is 10.6 Å². The van der Waals surface area contributed by atoms with Crippen LogP contribution in [0, 0.1) is 11.7 Å². The second-order valence-electron chi connectivity index (χ2n) is 9.38. The quantitative estimate of drug-likeness (QED) is 0.432. The van der Waals surface area contributed by atoms with Crippen LogP contribution in [0.4, 0.5) is 4.39 Å². The highest BCUT2D eigenvalue weighted by molar-refractivity contribution is 7.89. The Bertz CT molecular complexity index is 1390. The van der Waals surface area contributed by atoms with Crippen LogP contribution in [0.1, 0.15) is 42.8 Å². The third kappa shape index (κ3) is 6.43. The highest BCUT2D eigenvalue weighted by Crippen LogP contribution is 2.30. The van der Waals surface area contributed by atoms with Crippen molar-refractivity contribution in [3.8, 4) is 0 Å². The Morgan fingerprint density at radius 2 is 1.97 bits per heavy atom. The topological polar surface area (TPSA) is 113 Å². The van der Waals surface area contributed by atoms with Crippen LogP contribution < -0.4 is 10.6 Å². The van der Waals surface area contributed by atoms with Crippen molar-refractivity contribution in [2.45, 2.75) is 50.1 Å². The van der Waals surface area contributed by atoms with Crippen molar-refractivity contribution in [2.24, 2.45) is 5.92 Å². The molecule has 0 bridgehead atoms. The minimum absolute atomic E-state index is 0.0681.